The smallest absolute Gasteiger partial charge is 0.181 e. The maximum Gasteiger partial charge on any atom is 0.181 e. The van der Waals surface area contributed by atoms with E-state index in [0.717, 1.165) is 53.6 Å². The summed E-state index contributed by atoms with van der Waals surface area (Å²) in [5, 5.41) is 8.36. The van der Waals surface area contributed by atoms with E-state index in [1.165, 1.54) is 6.39 Å². The monoisotopic (exact) mass is 357 g/mol. The summed E-state index contributed by atoms with van der Waals surface area (Å²) < 4.78 is 16.4. The fourth-order valence-corrected chi connectivity index (χ4v) is 3.06. The Balaban J connectivity index is 1.55. The molecule has 0 N–H and O–H groups in total. The van der Waals surface area contributed by atoms with Gasteiger partial charge in [-0.25, -0.2) is 4.98 Å². The van der Waals surface area contributed by atoms with Crippen LogP contribution in [0.25, 0.3) is 0 Å². The molecule has 0 aliphatic carbocycles. The molecule has 0 aliphatic heterocycles. The molecule has 0 amide bonds. The van der Waals surface area contributed by atoms with Crippen LogP contribution in [0.15, 0.2) is 32.0 Å². The molecular weight excluding hydrogens is 330 g/mol. The average molecular weight is 357 g/mol. The minimum atomic E-state index is 0.206. The van der Waals surface area contributed by atoms with Gasteiger partial charge >= 0.3 is 0 Å². The number of rotatable bonds is 8. The molecule has 0 fully saturated rings. The van der Waals surface area contributed by atoms with E-state index in [1.54, 1.807) is 0 Å². The standard InChI is InChI=1S/C20H27N3O3/c1-12(2)18-9-16(25-22-18)7-6-13(3)19-10-17(26-23-19)8-14(4)20-15(5)21-11-24-20/h9-14H,6-8H2,1-5H3. The summed E-state index contributed by atoms with van der Waals surface area (Å²) in [7, 11) is 0. The quantitative estimate of drug-likeness (QED) is 0.554. The van der Waals surface area contributed by atoms with E-state index in [2.05, 4.69) is 43.0 Å². The van der Waals surface area contributed by atoms with Crippen LogP contribution in [0.4, 0.5) is 0 Å². The van der Waals surface area contributed by atoms with Gasteiger partial charge in [0.1, 0.15) is 17.3 Å². The van der Waals surface area contributed by atoms with E-state index >= 15 is 0 Å². The van der Waals surface area contributed by atoms with Crippen LogP contribution in [0.1, 0.15) is 86.2 Å². The minimum Gasteiger partial charge on any atom is -0.448 e. The molecule has 0 aromatic carbocycles. The molecule has 6 nitrogen and oxygen atoms in total. The van der Waals surface area contributed by atoms with E-state index in [-0.39, 0.29) is 5.92 Å². The van der Waals surface area contributed by atoms with Gasteiger partial charge in [-0.15, -0.1) is 0 Å². The third-order valence-corrected chi connectivity index (χ3v) is 4.81. The molecule has 2 unspecified atom stereocenters. The lowest BCUT2D eigenvalue weighted by Crippen LogP contribution is -1.98. The Kier molecular flexibility index (Phi) is 5.59. The van der Waals surface area contributed by atoms with Gasteiger partial charge in [0, 0.05) is 36.8 Å². The first-order chi connectivity index (χ1) is 12.4. The third-order valence-electron chi connectivity index (χ3n) is 4.81. The lowest BCUT2D eigenvalue weighted by Gasteiger charge is -2.06. The van der Waals surface area contributed by atoms with Crippen molar-refractivity contribution in [3.05, 3.63) is 52.9 Å². The molecule has 3 aromatic heterocycles. The molecule has 0 radical (unpaired) electrons. The second-order valence-electron chi connectivity index (χ2n) is 7.44. The van der Waals surface area contributed by atoms with Crippen molar-refractivity contribution in [2.75, 3.05) is 0 Å². The normalized spacial score (nSPS) is 14.1. The maximum absolute atomic E-state index is 5.53. The van der Waals surface area contributed by atoms with E-state index in [4.69, 9.17) is 13.5 Å². The molecule has 3 heterocycles. The SMILES string of the molecule is Cc1ncoc1C(C)Cc1cc(C(C)CCc2cc(C(C)C)no2)no1. The number of aryl methyl sites for hydroxylation is 2. The summed E-state index contributed by atoms with van der Waals surface area (Å²) >= 11 is 0. The first-order valence-electron chi connectivity index (χ1n) is 9.25. The highest BCUT2D eigenvalue weighted by atomic mass is 16.5. The molecular formula is C20H27N3O3. The number of hydrogen-bond donors (Lipinski definition) is 0. The third kappa shape index (κ3) is 4.23. The van der Waals surface area contributed by atoms with Gasteiger partial charge in [-0.2, -0.15) is 0 Å². The van der Waals surface area contributed by atoms with Crippen LogP contribution in [0, 0.1) is 6.92 Å². The van der Waals surface area contributed by atoms with Crippen molar-refractivity contribution in [3.8, 4) is 0 Å². The van der Waals surface area contributed by atoms with Crippen LogP contribution in [0.3, 0.4) is 0 Å². The van der Waals surface area contributed by atoms with Crippen LogP contribution in [0.5, 0.6) is 0 Å². The van der Waals surface area contributed by atoms with Gasteiger partial charge in [0.15, 0.2) is 6.39 Å². The predicted octanol–water partition coefficient (Wildman–Crippen LogP) is 5.16. The van der Waals surface area contributed by atoms with Crippen molar-refractivity contribution in [1.82, 2.24) is 15.3 Å². The molecule has 6 heteroatoms. The molecule has 140 valence electrons. The fourth-order valence-electron chi connectivity index (χ4n) is 3.06. The molecule has 0 saturated carbocycles. The second kappa shape index (κ2) is 7.89. The van der Waals surface area contributed by atoms with Gasteiger partial charge in [0.2, 0.25) is 0 Å². The van der Waals surface area contributed by atoms with E-state index in [0.29, 0.717) is 11.8 Å². The Morgan fingerprint density at radius 3 is 2.27 bits per heavy atom. The largest absolute Gasteiger partial charge is 0.448 e. The van der Waals surface area contributed by atoms with Gasteiger partial charge in [-0.1, -0.05) is 38.0 Å². The molecule has 0 aliphatic rings. The highest BCUT2D eigenvalue weighted by Crippen LogP contribution is 2.26. The van der Waals surface area contributed by atoms with Crippen molar-refractivity contribution in [1.29, 1.82) is 0 Å². The van der Waals surface area contributed by atoms with Crippen molar-refractivity contribution in [3.63, 3.8) is 0 Å². The molecule has 3 aromatic rings. The number of aromatic nitrogens is 3. The minimum absolute atomic E-state index is 0.206. The molecule has 0 spiro atoms. The summed E-state index contributed by atoms with van der Waals surface area (Å²) in [4.78, 5) is 4.15. The zero-order valence-corrected chi connectivity index (χ0v) is 16.2. The van der Waals surface area contributed by atoms with Crippen molar-refractivity contribution in [2.24, 2.45) is 0 Å². The number of nitrogens with zero attached hydrogens (tertiary/aromatic N) is 3. The molecule has 3 rings (SSSR count). The highest BCUT2D eigenvalue weighted by Gasteiger charge is 2.18. The summed E-state index contributed by atoms with van der Waals surface area (Å²) in [5.41, 5.74) is 2.91. The van der Waals surface area contributed by atoms with E-state index in [9.17, 15) is 0 Å². The van der Waals surface area contributed by atoms with Crippen LogP contribution in [-0.4, -0.2) is 15.3 Å². The predicted molar refractivity (Wildman–Crippen MR) is 97.2 cm³/mol. The Bertz CT molecular complexity index is 831. The molecule has 26 heavy (non-hydrogen) atoms. The van der Waals surface area contributed by atoms with Gasteiger partial charge in [0.05, 0.1) is 17.1 Å². The highest BCUT2D eigenvalue weighted by molar-refractivity contribution is 5.16. The lowest BCUT2D eigenvalue weighted by molar-refractivity contribution is 0.354. The summed E-state index contributed by atoms with van der Waals surface area (Å²) in [6.07, 6.45) is 4.02. The number of oxazole rings is 1. The van der Waals surface area contributed by atoms with Crippen molar-refractivity contribution >= 4 is 0 Å². The Hall–Kier alpha value is -2.37. The summed E-state index contributed by atoms with van der Waals surface area (Å²) in [6.45, 7) is 10.4. The zero-order chi connectivity index (χ0) is 18.7. The van der Waals surface area contributed by atoms with E-state index in [1.807, 2.05) is 19.1 Å². The van der Waals surface area contributed by atoms with Gasteiger partial charge in [-0.05, 0) is 19.3 Å². The topological polar surface area (TPSA) is 78.1 Å². The average Bonchev–Trinajstić information content (AvgIpc) is 3.32. The van der Waals surface area contributed by atoms with E-state index < -0.39 is 0 Å². The second-order valence-corrected chi connectivity index (χ2v) is 7.44. The van der Waals surface area contributed by atoms with Gasteiger partial charge in [0.25, 0.3) is 0 Å². The zero-order valence-electron chi connectivity index (χ0n) is 16.2. The molecule has 2 atom stereocenters. The van der Waals surface area contributed by atoms with Crippen molar-refractivity contribution < 1.29 is 13.5 Å². The van der Waals surface area contributed by atoms with Crippen LogP contribution >= 0.6 is 0 Å². The number of hydrogen-bond acceptors (Lipinski definition) is 6. The maximum atomic E-state index is 5.53. The Morgan fingerprint density at radius 2 is 1.62 bits per heavy atom. The van der Waals surface area contributed by atoms with Crippen LogP contribution in [0.2, 0.25) is 0 Å². The summed E-state index contributed by atoms with van der Waals surface area (Å²) in [5.74, 6) is 3.59. The van der Waals surface area contributed by atoms with Gasteiger partial charge in [-0.3, -0.25) is 0 Å². The van der Waals surface area contributed by atoms with Crippen LogP contribution in [-0.2, 0) is 12.8 Å². The molecule has 0 saturated heterocycles. The Labute approximate surface area is 154 Å². The van der Waals surface area contributed by atoms with Crippen molar-refractivity contribution in [2.45, 2.75) is 71.6 Å². The molecule has 0 bridgehead atoms. The van der Waals surface area contributed by atoms with Gasteiger partial charge < -0.3 is 13.5 Å². The lowest BCUT2D eigenvalue weighted by atomic mass is 9.98. The summed E-state index contributed by atoms with van der Waals surface area (Å²) in [6, 6.07) is 4.10. The first kappa shape index (κ1) is 18.4. The first-order valence-corrected chi connectivity index (χ1v) is 9.25. The Morgan fingerprint density at radius 1 is 0.923 bits per heavy atom. The fraction of sp³-hybridized carbons (Fsp3) is 0.550. The van der Waals surface area contributed by atoms with Crippen LogP contribution < -0.4 is 0 Å².